The molecule has 16 heavy (non-hydrogen) atoms. The summed E-state index contributed by atoms with van der Waals surface area (Å²) in [7, 11) is 2.01. The molecule has 1 aromatic heterocycles. The molecule has 4 heteroatoms. The Morgan fingerprint density at radius 1 is 1.62 bits per heavy atom. The minimum Gasteiger partial charge on any atom is -0.319 e. The maximum Gasteiger partial charge on any atom is 0.133 e. The van der Waals surface area contributed by atoms with E-state index >= 15 is 0 Å². The molecule has 1 N–H and O–H groups in total. The summed E-state index contributed by atoms with van der Waals surface area (Å²) in [5.74, 6) is 0.778. The van der Waals surface area contributed by atoms with E-state index in [2.05, 4.69) is 21.3 Å². The average Bonchev–Trinajstić information content (AvgIpc) is 2.70. The van der Waals surface area contributed by atoms with Gasteiger partial charge < -0.3 is 5.32 Å². The van der Waals surface area contributed by atoms with Gasteiger partial charge in [0.25, 0.3) is 0 Å². The number of hydrogen-bond donors (Lipinski definition) is 1. The molecule has 2 heterocycles. The fourth-order valence-corrected chi connectivity index (χ4v) is 2.47. The number of nitrogens with zero attached hydrogens (tertiary/aromatic N) is 2. The van der Waals surface area contributed by atoms with E-state index in [-0.39, 0.29) is 0 Å². The normalized spacial score (nSPS) is 21.5. The third-order valence-electron chi connectivity index (χ3n) is 3.09. The predicted octanol–water partition coefficient (Wildman–Crippen LogP) is 1.78. The standard InChI is InChI=1S/C12H18ClN3/c1-14-7-10-4-6-16(8-10)9-11-3-2-5-15-12(11)13/h2-3,5,10,14H,4,6-9H2,1H3. The molecule has 0 radical (unpaired) electrons. The molecule has 1 atom stereocenters. The first-order chi connectivity index (χ1) is 7.79. The van der Waals surface area contributed by atoms with Crippen LogP contribution in [-0.4, -0.2) is 36.6 Å². The maximum absolute atomic E-state index is 6.05. The van der Waals surface area contributed by atoms with E-state index in [0.717, 1.165) is 37.7 Å². The van der Waals surface area contributed by atoms with Gasteiger partial charge in [-0.15, -0.1) is 0 Å². The highest BCUT2D eigenvalue weighted by molar-refractivity contribution is 6.30. The van der Waals surface area contributed by atoms with Gasteiger partial charge in [-0.25, -0.2) is 4.98 Å². The Morgan fingerprint density at radius 3 is 3.25 bits per heavy atom. The summed E-state index contributed by atoms with van der Waals surface area (Å²) < 4.78 is 0. The lowest BCUT2D eigenvalue weighted by molar-refractivity contribution is 0.315. The van der Waals surface area contributed by atoms with Crippen molar-refractivity contribution in [1.82, 2.24) is 15.2 Å². The Morgan fingerprint density at radius 2 is 2.50 bits per heavy atom. The zero-order valence-corrected chi connectivity index (χ0v) is 10.4. The van der Waals surface area contributed by atoms with Crippen LogP contribution in [0, 0.1) is 5.92 Å². The molecule has 0 spiro atoms. The first kappa shape index (κ1) is 11.8. The smallest absolute Gasteiger partial charge is 0.133 e. The first-order valence-corrected chi connectivity index (χ1v) is 6.13. The molecule has 1 aromatic rings. The minimum absolute atomic E-state index is 0.638. The molecule has 0 saturated carbocycles. The third kappa shape index (κ3) is 2.94. The second-order valence-corrected chi connectivity index (χ2v) is 4.76. The summed E-state index contributed by atoms with van der Waals surface area (Å²) in [5.41, 5.74) is 1.13. The van der Waals surface area contributed by atoms with Crippen LogP contribution in [0.5, 0.6) is 0 Å². The van der Waals surface area contributed by atoms with Crippen LogP contribution in [-0.2, 0) is 6.54 Å². The number of nitrogens with one attached hydrogen (secondary N) is 1. The minimum atomic E-state index is 0.638. The number of rotatable bonds is 4. The van der Waals surface area contributed by atoms with Crippen LogP contribution >= 0.6 is 11.6 Å². The first-order valence-electron chi connectivity index (χ1n) is 5.76. The van der Waals surface area contributed by atoms with Crippen LogP contribution in [0.2, 0.25) is 5.15 Å². The van der Waals surface area contributed by atoms with Gasteiger partial charge in [-0.1, -0.05) is 17.7 Å². The molecule has 0 bridgehead atoms. The molecule has 1 aliphatic heterocycles. The molecular weight excluding hydrogens is 222 g/mol. The molecule has 88 valence electrons. The van der Waals surface area contributed by atoms with Crippen molar-refractivity contribution < 1.29 is 0 Å². The van der Waals surface area contributed by atoms with Gasteiger partial charge in [0.2, 0.25) is 0 Å². The number of halogens is 1. The summed E-state index contributed by atoms with van der Waals surface area (Å²) in [5, 5.41) is 3.88. The van der Waals surface area contributed by atoms with Crippen molar-refractivity contribution in [2.75, 3.05) is 26.7 Å². The molecule has 2 rings (SSSR count). The highest BCUT2D eigenvalue weighted by Gasteiger charge is 2.22. The van der Waals surface area contributed by atoms with Gasteiger partial charge in [0.1, 0.15) is 5.15 Å². The van der Waals surface area contributed by atoms with Crippen LogP contribution in [0.4, 0.5) is 0 Å². The highest BCUT2D eigenvalue weighted by atomic mass is 35.5. The Labute approximate surface area is 102 Å². The van der Waals surface area contributed by atoms with Gasteiger partial charge in [-0.3, -0.25) is 4.90 Å². The van der Waals surface area contributed by atoms with Crippen LogP contribution in [0.1, 0.15) is 12.0 Å². The lowest BCUT2D eigenvalue weighted by Crippen LogP contribution is -2.24. The molecule has 0 amide bonds. The van der Waals surface area contributed by atoms with Crippen molar-refractivity contribution in [2.45, 2.75) is 13.0 Å². The van der Waals surface area contributed by atoms with E-state index in [9.17, 15) is 0 Å². The van der Waals surface area contributed by atoms with Crippen molar-refractivity contribution in [2.24, 2.45) is 5.92 Å². The van der Waals surface area contributed by atoms with Gasteiger partial charge >= 0.3 is 0 Å². The SMILES string of the molecule is CNCC1CCN(Cc2cccnc2Cl)C1. The zero-order valence-electron chi connectivity index (χ0n) is 9.62. The zero-order chi connectivity index (χ0) is 11.4. The topological polar surface area (TPSA) is 28.2 Å². The maximum atomic E-state index is 6.05. The summed E-state index contributed by atoms with van der Waals surface area (Å²) in [6.45, 7) is 4.35. The van der Waals surface area contributed by atoms with E-state index < -0.39 is 0 Å². The van der Waals surface area contributed by atoms with Crippen LogP contribution in [0.25, 0.3) is 0 Å². The van der Waals surface area contributed by atoms with Gasteiger partial charge in [-0.2, -0.15) is 0 Å². The average molecular weight is 240 g/mol. The van der Waals surface area contributed by atoms with Crippen molar-refractivity contribution in [3.63, 3.8) is 0 Å². The number of pyridine rings is 1. The van der Waals surface area contributed by atoms with Gasteiger partial charge in [0.15, 0.2) is 0 Å². The van der Waals surface area contributed by atoms with E-state index in [4.69, 9.17) is 11.6 Å². The summed E-state index contributed by atoms with van der Waals surface area (Å²) in [6, 6.07) is 4.00. The Bertz CT molecular complexity index is 343. The van der Waals surface area contributed by atoms with E-state index in [1.54, 1.807) is 6.20 Å². The Kier molecular flexibility index (Phi) is 4.16. The Hall–Kier alpha value is -0.640. The molecular formula is C12H18ClN3. The van der Waals surface area contributed by atoms with Crippen LogP contribution in [0.15, 0.2) is 18.3 Å². The second-order valence-electron chi connectivity index (χ2n) is 4.40. The van der Waals surface area contributed by atoms with Gasteiger partial charge in [0, 0.05) is 24.8 Å². The summed E-state index contributed by atoms with van der Waals surface area (Å²) >= 11 is 6.05. The van der Waals surface area contributed by atoms with E-state index in [0.29, 0.717) is 5.15 Å². The van der Waals surface area contributed by atoms with Crippen molar-refractivity contribution >= 4 is 11.6 Å². The van der Waals surface area contributed by atoms with Gasteiger partial charge in [0.05, 0.1) is 0 Å². The molecule has 0 aromatic carbocycles. The van der Waals surface area contributed by atoms with E-state index in [1.807, 2.05) is 13.1 Å². The molecule has 3 nitrogen and oxygen atoms in total. The van der Waals surface area contributed by atoms with Gasteiger partial charge in [-0.05, 0) is 38.5 Å². The van der Waals surface area contributed by atoms with Crippen molar-refractivity contribution in [1.29, 1.82) is 0 Å². The Balaban J connectivity index is 1.90. The van der Waals surface area contributed by atoms with Crippen molar-refractivity contribution in [3.05, 3.63) is 29.0 Å². The monoisotopic (exact) mass is 239 g/mol. The fraction of sp³-hybridized carbons (Fsp3) is 0.583. The molecule has 1 fully saturated rings. The largest absolute Gasteiger partial charge is 0.319 e. The summed E-state index contributed by atoms with van der Waals surface area (Å²) in [4.78, 5) is 6.55. The highest BCUT2D eigenvalue weighted by Crippen LogP contribution is 2.20. The summed E-state index contributed by atoms with van der Waals surface area (Å²) in [6.07, 6.45) is 3.01. The van der Waals surface area contributed by atoms with Crippen molar-refractivity contribution in [3.8, 4) is 0 Å². The number of likely N-dealkylation sites (tertiary alicyclic amines) is 1. The van der Waals surface area contributed by atoms with E-state index in [1.165, 1.54) is 6.42 Å². The lowest BCUT2D eigenvalue weighted by atomic mass is 10.1. The third-order valence-corrected chi connectivity index (χ3v) is 3.43. The molecule has 1 aliphatic rings. The van der Waals surface area contributed by atoms with Crippen LogP contribution in [0.3, 0.4) is 0 Å². The molecule has 1 unspecified atom stereocenters. The predicted molar refractivity (Wildman–Crippen MR) is 66.6 cm³/mol. The number of aromatic nitrogens is 1. The fourth-order valence-electron chi connectivity index (χ4n) is 2.29. The lowest BCUT2D eigenvalue weighted by Gasteiger charge is -2.16. The number of hydrogen-bond acceptors (Lipinski definition) is 3. The molecule has 1 saturated heterocycles. The quantitative estimate of drug-likeness (QED) is 0.812. The van der Waals surface area contributed by atoms with Crippen LogP contribution < -0.4 is 5.32 Å². The second kappa shape index (κ2) is 5.62. The molecule has 0 aliphatic carbocycles.